The third-order valence-corrected chi connectivity index (χ3v) is 1.82. The molecule has 68 valence electrons. The molecule has 0 fully saturated rings. The average molecular weight is 172 g/mol. The fourth-order valence-electron chi connectivity index (χ4n) is 0.646. The van der Waals surface area contributed by atoms with Crippen LogP contribution in [0.3, 0.4) is 0 Å². The Morgan fingerprint density at radius 2 is 2.33 bits per heavy atom. The minimum Gasteiger partial charge on any atom is -0.480 e. The normalized spacial score (nSPS) is 15.0. The van der Waals surface area contributed by atoms with Crippen molar-refractivity contribution in [1.29, 1.82) is 0 Å². The number of carboxylic acids is 1. The highest BCUT2D eigenvalue weighted by atomic mass is 16.4. The monoisotopic (exact) mass is 172 g/mol. The molecule has 12 heavy (non-hydrogen) atoms. The van der Waals surface area contributed by atoms with Gasteiger partial charge in [-0.25, -0.2) is 0 Å². The average Bonchev–Trinajstić information content (AvgIpc) is 1.99. The molecule has 0 spiro atoms. The molecule has 0 heterocycles. The van der Waals surface area contributed by atoms with Gasteiger partial charge in [-0.05, 0) is 11.4 Å². The number of carbonyl (C=O) groups is 1. The summed E-state index contributed by atoms with van der Waals surface area (Å²) in [5.74, 6) is -1.43. The summed E-state index contributed by atoms with van der Waals surface area (Å²) in [5.41, 5.74) is 12.1. The van der Waals surface area contributed by atoms with Gasteiger partial charge in [0.05, 0.1) is 6.54 Å². The van der Waals surface area contributed by atoms with E-state index in [0.29, 0.717) is 0 Å². The van der Waals surface area contributed by atoms with Crippen LogP contribution in [0.4, 0.5) is 0 Å². The molecule has 0 aromatic heterocycles. The van der Waals surface area contributed by atoms with Crippen LogP contribution in [0.1, 0.15) is 13.8 Å². The third kappa shape index (κ3) is 2.11. The lowest BCUT2D eigenvalue weighted by Crippen LogP contribution is -2.54. The summed E-state index contributed by atoms with van der Waals surface area (Å²) in [5, 5.41) is 11.9. The number of nitrogens with zero attached hydrogens (tertiary/aromatic N) is 3. The topological polar surface area (TPSA) is 112 Å². The van der Waals surface area contributed by atoms with Gasteiger partial charge < -0.3 is 10.8 Å². The van der Waals surface area contributed by atoms with E-state index in [1.807, 2.05) is 0 Å². The lowest BCUT2D eigenvalue weighted by Gasteiger charge is -2.26. The molecule has 0 aliphatic heterocycles. The molecule has 0 aromatic carbocycles. The third-order valence-electron chi connectivity index (χ3n) is 1.82. The molecule has 6 heteroatoms. The molecule has 0 rings (SSSR count). The highest BCUT2D eigenvalue weighted by Gasteiger charge is 2.36. The highest BCUT2D eigenvalue weighted by molar-refractivity contribution is 5.79. The first-order valence-corrected chi connectivity index (χ1v) is 3.48. The molecule has 0 saturated heterocycles. The van der Waals surface area contributed by atoms with Crippen LogP contribution in [0.2, 0.25) is 0 Å². The first-order chi connectivity index (χ1) is 5.45. The van der Waals surface area contributed by atoms with E-state index in [1.165, 1.54) is 0 Å². The number of nitrogens with two attached hydrogens (primary N) is 1. The summed E-state index contributed by atoms with van der Waals surface area (Å²) in [6.45, 7) is 3.11. The lowest BCUT2D eigenvalue weighted by molar-refractivity contribution is -0.144. The Kier molecular flexibility index (Phi) is 3.53. The first-order valence-electron chi connectivity index (χ1n) is 3.48. The smallest absolute Gasteiger partial charge is 0.324 e. The number of rotatable bonds is 4. The Hall–Kier alpha value is -1.26. The maximum absolute atomic E-state index is 10.7. The molecule has 0 saturated carbocycles. The molecular weight excluding hydrogens is 160 g/mol. The van der Waals surface area contributed by atoms with Gasteiger partial charge >= 0.3 is 5.97 Å². The Bertz CT molecular complexity index is 222. The largest absolute Gasteiger partial charge is 0.480 e. The van der Waals surface area contributed by atoms with Crippen molar-refractivity contribution in [3.8, 4) is 0 Å². The van der Waals surface area contributed by atoms with E-state index >= 15 is 0 Å². The van der Waals surface area contributed by atoms with Crippen LogP contribution in [0.15, 0.2) is 5.11 Å². The zero-order valence-corrected chi connectivity index (χ0v) is 7.06. The predicted octanol–water partition coefficient (Wildman–Crippen LogP) is 0.735. The van der Waals surface area contributed by atoms with Crippen molar-refractivity contribution in [2.45, 2.75) is 19.4 Å². The molecule has 1 atom stereocenters. The fourth-order valence-corrected chi connectivity index (χ4v) is 0.646. The SMILES string of the molecule is CC(C)[C@](N)(CN=[N+]=[N-])C(=O)O. The van der Waals surface area contributed by atoms with Gasteiger partial charge in [0.25, 0.3) is 0 Å². The standard InChI is InChI=1S/C6H12N4O2/c1-4(2)6(7,5(11)12)3-9-10-8/h4H,3,7H2,1-2H3,(H,11,12)/t6-/m1/s1. The Morgan fingerprint density at radius 3 is 2.58 bits per heavy atom. The van der Waals surface area contributed by atoms with Gasteiger partial charge in [0.1, 0.15) is 5.54 Å². The summed E-state index contributed by atoms with van der Waals surface area (Å²) in [7, 11) is 0. The second kappa shape index (κ2) is 3.94. The van der Waals surface area contributed by atoms with Crippen LogP contribution in [0.5, 0.6) is 0 Å². The van der Waals surface area contributed by atoms with Gasteiger partial charge in [-0.1, -0.05) is 19.0 Å². The molecule has 0 amide bonds. The number of aliphatic carboxylic acids is 1. The van der Waals surface area contributed by atoms with Crippen LogP contribution >= 0.6 is 0 Å². The van der Waals surface area contributed by atoms with E-state index in [2.05, 4.69) is 10.0 Å². The quantitative estimate of drug-likeness (QED) is 0.370. The van der Waals surface area contributed by atoms with Crippen molar-refractivity contribution in [1.82, 2.24) is 0 Å². The number of azide groups is 1. The zero-order chi connectivity index (χ0) is 9.78. The lowest BCUT2D eigenvalue weighted by atomic mass is 9.88. The van der Waals surface area contributed by atoms with Crippen LogP contribution in [-0.2, 0) is 4.79 Å². The van der Waals surface area contributed by atoms with E-state index in [1.54, 1.807) is 13.8 Å². The van der Waals surface area contributed by atoms with Gasteiger partial charge in [0.15, 0.2) is 0 Å². The van der Waals surface area contributed by atoms with Crippen molar-refractivity contribution >= 4 is 5.97 Å². The Balaban J connectivity index is 4.61. The van der Waals surface area contributed by atoms with Crippen LogP contribution in [0.25, 0.3) is 10.4 Å². The van der Waals surface area contributed by atoms with Gasteiger partial charge in [-0.2, -0.15) is 0 Å². The fraction of sp³-hybridized carbons (Fsp3) is 0.833. The van der Waals surface area contributed by atoms with Crippen molar-refractivity contribution in [2.24, 2.45) is 16.8 Å². The van der Waals surface area contributed by atoms with Crippen molar-refractivity contribution in [2.75, 3.05) is 6.54 Å². The van der Waals surface area contributed by atoms with Gasteiger partial charge in [-0.3, -0.25) is 4.79 Å². The molecule has 0 unspecified atom stereocenters. The predicted molar refractivity (Wildman–Crippen MR) is 43.4 cm³/mol. The van der Waals surface area contributed by atoms with Gasteiger partial charge in [-0.15, -0.1) is 0 Å². The summed E-state index contributed by atoms with van der Waals surface area (Å²) in [6.07, 6.45) is 0. The zero-order valence-electron chi connectivity index (χ0n) is 7.06. The first kappa shape index (κ1) is 10.7. The molecule has 3 N–H and O–H groups in total. The Morgan fingerprint density at radius 1 is 1.83 bits per heavy atom. The molecule has 0 aromatic rings. The van der Waals surface area contributed by atoms with Crippen molar-refractivity contribution < 1.29 is 9.90 Å². The summed E-state index contributed by atoms with van der Waals surface area (Å²) < 4.78 is 0. The van der Waals surface area contributed by atoms with E-state index in [-0.39, 0.29) is 12.5 Å². The van der Waals surface area contributed by atoms with Crippen molar-refractivity contribution in [3.63, 3.8) is 0 Å². The number of hydrogen-bond acceptors (Lipinski definition) is 3. The van der Waals surface area contributed by atoms with E-state index in [4.69, 9.17) is 16.4 Å². The molecule has 0 radical (unpaired) electrons. The summed E-state index contributed by atoms with van der Waals surface area (Å²) >= 11 is 0. The van der Waals surface area contributed by atoms with E-state index in [9.17, 15) is 4.79 Å². The minimum absolute atomic E-state index is 0.226. The maximum atomic E-state index is 10.7. The van der Waals surface area contributed by atoms with E-state index in [0.717, 1.165) is 0 Å². The number of hydrogen-bond donors (Lipinski definition) is 2. The molecule has 0 aliphatic rings. The second-order valence-corrected chi connectivity index (χ2v) is 2.89. The maximum Gasteiger partial charge on any atom is 0.324 e. The number of carboxylic acid groups (broad SMARTS) is 1. The molecule has 0 aliphatic carbocycles. The van der Waals surface area contributed by atoms with Gasteiger partial charge in [0, 0.05) is 4.91 Å². The summed E-state index contributed by atoms with van der Waals surface area (Å²) in [6, 6.07) is 0. The van der Waals surface area contributed by atoms with Crippen LogP contribution < -0.4 is 5.73 Å². The summed E-state index contributed by atoms with van der Waals surface area (Å²) in [4.78, 5) is 13.1. The second-order valence-electron chi connectivity index (χ2n) is 2.89. The molecule has 0 bridgehead atoms. The van der Waals surface area contributed by atoms with Crippen LogP contribution in [0, 0.1) is 5.92 Å². The molecular formula is C6H12N4O2. The van der Waals surface area contributed by atoms with Crippen molar-refractivity contribution in [3.05, 3.63) is 10.4 Å². The Labute approximate surface area is 70.0 Å². The van der Waals surface area contributed by atoms with Crippen LogP contribution in [-0.4, -0.2) is 23.2 Å². The van der Waals surface area contributed by atoms with Gasteiger partial charge in [0.2, 0.25) is 0 Å². The van der Waals surface area contributed by atoms with E-state index < -0.39 is 11.5 Å². The minimum atomic E-state index is -1.45. The molecule has 6 nitrogen and oxygen atoms in total. The highest BCUT2D eigenvalue weighted by Crippen LogP contribution is 2.14.